The van der Waals surface area contributed by atoms with E-state index >= 15 is 0 Å². The molecule has 1 amide bonds. The van der Waals surface area contributed by atoms with Gasteiger partial charge >= 0.3 is 6.09 Å². The van der Waals surface area contributed by atoms with Gasteiger partial charge in [-0.3, -0.25) is 0 Å². The van der Waals surface area contributed by atoms with Crippen LogP contribution in [0.4, 0.5) is 4.79 Å². The summed E-state index contributed by atoms with van der Waals surface area (Å²) in [5.74, 6) is 0. The van der Waals surface area contributed by atoms with Crippen LogP contribution >= 0.6 is 0 Å². The van der Waals surface area contributed by atoms with Gasteiger partial charge in [-0.1, -0.05) is 32.9 Å². The van der Waals surface area contributed by atoms with Crippen molar-refractivity contribution in [3.63, 3.8) is 0 Å². The topological polar surface area (TPSA) is 29.5 Å². The molecular formula is C9H19NO2Si. The van der Waals surface area contributed by atoms with Gasteiger partial charge in [0.1, 0.15) is 15.6 Å². The average Bonchev–Trinajstić information content (AvgIpc) is 2.43. The Labute approximate surface area is 81.7 Å². The molecule has 0 spiro atoms. The Morgan fingerprint density at radius 2 is 2.31 bits per heavy atom. The van der Waals surface area contributed by atoms with E-state index in [0.29, 0.717) is 12.6 Å². The molecule has 0 radical (unpaired) electrons. The van der Waals surface area contributed by atoms with E-state index in [0.717, 1.165) is 6.42 Å². The molecule has 0 N–H and O–H groups in total. The summed E-state index contributed by atoms with van der Waals surface area (Å²) in [7, 11) is -1.02. The second kappa shape index (κ2) is 4.65. The molecule has 0 aromatic heterocycles. The molecule has 1 unspecified atom stereocenters. The molecule has 3 nitrogen and oxygen atoms in total. The molecule has 1 atom stereocenters. The van der Waals surface area contributed by atoms with Crippen LogP contribution in [-0.2, 0) is 4.74 Å². The summed E-state index contributed by atoms with van der Waals surface area (Å²) >= 11 is 0. The molecule has 1 aliphatic rings. The Morgan fingerprint density at radius 3 is 2.85 bits per heavy atom. The van der Waals surface area contributed by atoms with Crippen LogP contribution in [0.3, 0.4) is 0 Å². The van der Waals surface area contributed by atoms with Crippen molar-refractivity contribution in [3.05, 3.63) is 0 Å². The normalized spacial score (nSPS) is 22.6. The molecule has 1 fully saturated rings. The first-order valence-electron chi connectivity index (χ1n) is 5.12. The largest absolute Gasteiger partial charge is 0.448 e. The van der Waals surface area contributed by atoms with Gasteiger partial charge in [-0.15, -0.1) is 0 Å². The fraction of sp³-hybridized carbons (Fsp3) is 0.889. The number of rotatable bonds is 4. The van der Waals surface area contributed by atoms with Crippen LogP contribution in [-0.4, -0.2) is 32.3 Å². The number of hydrogen-bond acceptors (Lipinski definition) is 2. The number of ether oxygens (including phenoxy) is 1. The highest BCUT2D eigenvalue weighted by molar-refractivity contribution is 6.55. The van der Waals surface area contributed by atoms with Gasteiger partial charge in [-0.25, -0.2) is 4.79 Å². The summed E-state index contributed by atoms with van der Waals surface area (Å²) in [6, 6.07) is 0.374. The molecule has 0 aromatic rings. The molecule has 76 valence electrons. The van der Waals surface area contributed by atoms with E-state index in [1.54, 1.807) is 0 Å². The highest BCUT2D eigenvalue weighted by Crippen LogP contribution is 2.18. The van der Waals surface area contributed by atoms with Crippen LogP contribution < -0.4 is 0 Å². The number of carbonyl (C=O) groups excluding carboxylic acids is 1. The number of amides is 1. The molecule has 0 aliphatic carbocycles. The van der Waals surface area contributed by atoms with Gasteiger partial charge in [-0.2, -0.15) is 0 Å². The Kier molecular flexibility index (Phi) is 3.78. The molecule has 0 bridgehead atoms. The summed E-state index contributed by atoms with van der Waals surface area (Å²) in [5, 5.41) is 0. The molecule has 4 heteroatoms. The van der Waals surface area contributed by atoms with Crippen LogP contribution in [0.15, 0.2) is 0 Å². The van der Waals surface area contributed by atoms with E-state index in [-0.39, 0.29) is 6.09 Å². The zero-order valence-corrected chi connectivity index (χ0v) is 9.90. The van der Waals surface area contributed by atoms with Crippen molar-refractivity contribution >= 4 is 15.1 Å². The van der Waals surface area contributed by atoms with Crippen molar-refractivity contribution in [1.29, 1.82) is 0 Å². The smallest absolute Gasteiger partial charge is 0.401 e. The number of unbranched alkanes of at least 4 members (excludes halogenated alkanes) is 1. The van der Waals surface area contributed by atoms with E-state index < -0.39 is 8.96 Å². The van der Waals surface area contributed by atoms with E-state index in [9.17, 15) is 4.79 Å². The Bertz CT molecular complexity index is 184. The van der Waals surface area contributed by atoms with Crippen LogP contribution in [0.1, 0.15) is 26.2 Å². The summed E-state index contributed by atoms with van der Waals surface area (Å²) in [6.07, 6.45) is 3.41. The molecule has 1 saturated heterocycles. The second-order valence-corrected chi connectivity index (χ2v) is 6.62. The number of hydrogen-bond donors (Lipinski definition) is 0. The number of nitrogens with zero attached hydrogens (tertiary/aromatic N) is 1. The van der Waals surface area contributed by atoms with Gasteiger partial charge in [0.15, 0.2) is 0 Å². The van der Waals surface area contributed by atoms with E-state index in [2.05, 4.69) is 20.0 Å². The third-order valence-electron chi connectivity index (χ3n) is 2.45. The lowest BCUT2D eigenvalue weighted by atomic mass is 10.1. The lowest BCUT2D eigenvalue weighted by Gasteiger charge is -2.24. The quantitative estimate of drug-likeness (QED) is 0.651. The molecular weight excluding hydrogens is 182 g/mol. The molecule has 1 rings (SSSR count). The lowest BCUT2D eigenvalue weighted by molar-refractivity contribution is 0.169. The first-order valence-corrected chi connectivity index (χ1v) is 7.94. The van der Waals surface area contributed by atoms with Crippen LogP contribution in [0.25, 0.3) is 0 Å². The first-order chi connectivity index (χ1) is 6.16. The van der Waals surface area contributed by atoms with Crippen LogP contribution in [0.5, 0.6) is 0 Å². The minimum absolute atomic E-state index is 0.0808. The summed E-state index contributed by atoms with van der Waals surface area (Å²) in [6.45, 7) is 7.13. The third-order valence-corrected chi connectivity index (χ3v) is 4.20. The molecule has 0 aromatic carbocycles. The molecule has 1 heterocycles. The van der Waals surface area contributed by atoms with Gasteiger partial charge in [0.25, 0.3) is 0 Å². The zero-order valence-electron chi connectivity index (χ0n) is 8.75. The highest BCUT2D eigenvalue weighted by Gasteiger charge is 2.33. The standard InChI is InChI=1S/C9H19NO2Si/c1-4-5-6-8-7-12-9(11)10(8)13(2)3/h8,13H,4-7H2,1-3H3. The predicted octanol–water partition coefficient (Wildman–Crippen LogP) is 1.98. The van der Waals surface area contributed by atoms with Crippen molar-refractivity contribution in [2.45, 2.75) is 45.3 Å². The van der Waals surface area contributed by atoms with Crippen LogP contribution in [0.2, 0.25) is 13.1 Å². The SMILES string of the molecule is CCCCC1COC(=O)N1[SiH](C)C. The van der Waals surface area contributed by atoms with Crippen molar-refractivity contribution in [1.82, 2.24) is 4.57 Å². The van der Waals surface area contributed by atoms with E-state index in [1.807, 2.05) is 4.57 Å². The number of carbonyl (C=O) groups is 1. The Hall–Kier alpha value is -0.513. The number of cyclic esters (lactones) is 1. The zero-order chi connectivity index (χ0) is 9.84. The van der Waals surface area contributed by atoms with Crippen molar-refractivity contribution < 1.29 is 9.53 Å². The van der Waals surface area contributed by atoms with Crippen molar-refractivity contribution in [2.24, 2.45) is 0 Å². The average molecular weight is 201 g/mol. The molecule has 1 aliphatic heterocycles. The maximum atomic E-state index is 11.3. The summed E-state index contributed by atoms with van der Waals surface area (Å²) < 4.78 is 7.05. The van der Waals surface area contributed by atoms with Gasteiger partial charge in [0.2, 0.25) is 0 Å². The fourth-order valence-electron chi connectivity index (χ4n) is 1.77. The van der Waals surface area contributed by atoms with Crippen molar-refractivity contribution in [3.8, 4) is 0 Å². The van der Waals surface area contributed by atoms with Gasteiger partial charge in [-0.05, 0) is 6.42 Å². The maximum absolute atomic E-state index is 11.3. The van der Waals surface area contributed by atoms with Crippen molar-refractivity contribution in [2.75, 3.05) is 6.61 Å². The Balaban J connectivity index is 2.49. The summed E-state index contributed by atoms with van der Waals surface area (Å²) in [5.41, 5.74) is 0. The minimum Gasteiger partial charge on any atom is -0.448 e. The monoisotopic (exact) mass is 201 g/mol. The van der Waals surface area contributed by atoms with Crippen LogP contribution in [0, 0.1) is 0 Å². The van der Waals surface area contributed by atoms with Gasteiger partial charge in [0.05, 0.1) is 6.04 Å². The highest BCUT2D eigenvalue weighted by atomic mass is 28.3. The second-order valence-electron chi connectivity index (χ2n) is 3.87. The third kappa shape index (κ3) is 2.46. The first kappa shape index (κ1) is 10.6. The van der Waals surface area contributed by atoms with E-state index in [1.165, 1.54) is 12.8 Å². The molecule has 0 saturated carbocycles. The Morgan fingerprint density at radius 1 is 1.62 bits per heavy atom. The fourth-order valence-corrected chi connectivity index (χ4v) is 3.34. The van der Waals surface area contributed by atoms with Gasteiger partial charge in [0, 0.05) is 0 Å². The minimum atomic E-state index is -1.02. The van der Waals surface area contributed by atoms with Gasteiger partial charge < -0.3 is 9.30 Å². The lowest BCUT2D eigenvalue weighted by Crippen LogP contribution is -2.41. The predicted molar refractivity (Wildman–Crippen MR) is 55.4 cm³/mol. The molecule has 13 heavy (non-hydrogen) atoms. The maximum Gasteiger partial charge on any atom is 0.401 e. The summed E-state index contributed by atoms with van der Waals surface area (Å²) in [4.78, 5) is 11.3. The van der Waals surface area contributed by atoms with E-state index in [4.69, 9.17) is 4.74 Å².